The van der Waals surface area contributed by atoms with Crippen LogP contribution >= 0.6 is 11.8 Å². The SMILES string of the molecule is CCN(CC)S(=O)(=O)c1cccc(-c2nnc(SC(C)C(=O)c3c(C)[nH]c4ccccc34)o2)c1. The second-order valence-corrected chi connectivity index (χ2v) is 11.0. The predicted molar refractivity (Wildman–Crippen MR) is 133 cm³/mol. The summed E-state index contributed by atoms with van der Waals surface area (Å²) < 4.78 is 32.9. The summed E-state index contributed by atoms with van der Waals surface area (Å²) in [7, 11) is -3.61. The molecule has 0 saturated carbocycles. The summed E-state index contributed by atoms with van der Waals surface area (Å²) in [5.41, 5.74) is 2.89. The molecule has 0 bridgehead atoms. The normalized spacial score (nSPS) is 13.0. The highest BCUT2D eigenvalue weighted by molar-refractivity contribution is 8.00. The molecule has 34 heavy (non-hydrogen) atoms. The van der Waals surface area contributed by atoms with Gasteiger partial charge in [-0.05, 0) is 38.1 Å². The quantitative estimate of drug-likeness (QED) is 0.258. The van der Waals surface area contributed by atoms with Crippen LogP contribution in [0.4, 0.5) is 0 Å². The largest absolute Gasteiger partial charge is 0.411 e. The lowest BCUT2D eigenvalue weighted by molar-refractivity contribution is 0.0994. The van der Waals surface area contributed by atoms with Crippen LogP contribution in [0.2, 0.25) is 0 Å². The molecule has 0 spiro atoms. The molecule has 0 aliphatic carbocycles. The van der Waals surface area contributed by atoms with Gasteiger partial charge in [-0.1, -0.05) is 49.9 Å². The third kappa shape index (κ3) is 4.53. The zero-order valence-electron chi connectivity index (χ0n) is 19.4. The Kier molecular flexibility index (Phi) is 6.92. The van der Waals surface area contributed by atoms with Crippen molar-refractivity contribution >= 4 is 38.5 Å². The van der Waals surface area contributed by atoms with Crippen molar-refractivity contribution in [1.29, 1.82) is 0 Å². The number of Topliss-reactive ketones (excluding diaryl/α,β-unsaturated/α-hetero) is 1. The first-order valence-corrected chi connectivity index (χ1v) is 13.3. The summed E-state index contributed by atoms with van der Waals surface area (Å²) >= 11 is 1.17. The molecule has 0 saturated heterocycles. The predicted octanol–water partition coefficient (Wildman–Crippen LogP) is 4.92. The molecule has 0 aliphatic heterocycles. The summed E-state index contributed by atoms with van der Waals surface area (Å²) in [6.45, 7) is 8.04. The average Bonchev–Trinajstić information content (AvgIpc) is 3.42. The average molecular weight is 499 g/mol. The maximum Gasteiger partial charge on any atom is 0.277 e. The molecule has 0 radical (unpaired) electrons. The van der Waals surface area contributed by atoms with Gasteiger partial charge in [0.25, 0.3) is 5.22 Å². The van der Waals surface area contributed by atoms with E-state index in [1.165, 1.54) is 22.1 Å². The second-order valence-electron chi connectivity index (χ2n) is 7.79. The molecule has 0 fully saturated rings. The molecule has 2 aromatic heterocycles. The number of aromatic amines is 1. The topological polar surface area (TPSA) is 109 Å². The van der Waals surface area contributed by atoms with E-state index in [2.05, 4.69) is 15.2 Å². The minimum atomic E-state index is -3.61. The number of carbonyl (C=O) groups excluding carboxylic acids is 1. The van der Waals surface area contributed by atoms with Crippen LogP contribution in [0.3, 0.4) is 0 Å². The Morgan fingerprint density at radius 1 is 1.12 bits per heavy atom. The number of sulfonamides is 1. The summed E-state index contributed by atoms with van der Waals surface area (Å²) in [4.78, 5) is 16.6. The highest BCUT2D eigenvalue weighted by Gasteiger charge is 2.25. The summed E-state index contributed by atoms with van der Waals surface area (Å²) in [6.07, 6.45) is 0. The number of fused-ring (bicyclic) bond motifs is 1. The van der Waals surface area contributed by atoms with Gasteiger partial charge in [-0.2, -0.15) is 4.31 Å². The van der Waals surface area contributed by atoms with Gasteiger partial charge in [0.05, 0.1) is 10.1 Å². The van der Waals surface area contributed by atoms with Crippen molar-refractivity contribution in [1.82, 2.24) is 19.5 Å². The number of carbonyl (C=O) groups is 1. The third-order valence-corrected chi connectivity index (χ3v) is 8.60. The van der Waals surface area contributed by atoms with Crippen molar-refractivity contribution in [3.63, 3.8) is 0 Å². The van der Waals surface area contributed by atoms with Gasteiger partial charge >= 0.3 is 0 Å². The lowest BCUT2D eigenvalue weighted by atomic mass is 10.1. The number of hydrogen-bond donors (Lipinski definition) is 1. The maximum atomic E-state index is 13.2. The van der Waals surface area contributed by atoms with Crippen molar-refractivity contribution in [3.05, 3.63) is 59.8 Å². The molecule has 10 heteroatoms. The Hall–Kier alpha value is -2.95. The fraction of sp³-hybridized carbons (Fsp3) is 0.292. The van der Waals surface area contributed by atoms with Gasteiger partial charge in [-0.15, -0.1) is 10.2 Å². The number of rotatable bonds is 9. The van der Waals surface area contributed by atoms with E-state index in [9.17, 15) is 13.2 Å². The van der Waals surface area contributed by atoms with E-state index in [0.29, 0.717) is 24.2 Å². The lowest BCUT2D eigenvalue weighted by Gasteiger charge is -2.18. The summed E-state index contributed by atoms with van der Waals surface area (Å²) in [5, 5.41) is 8.81. The van der Waals surface area contributed by atoms with E-state index in [4.69, 9.17) is 4.42 Å². The van der Waals surface area contributed by atoms with E-state index in [-0.39, 0.29) is 21.8 Å². The van der Waals surface area contributed by atoms with Crippen LogP contribution in [-0.4, -0.2) is 52.0 Å². The minimum Gasteiger partial charge on any atom is -0.411 e. The van der Waals surface area contributed by atoms with Crippen LogP contribution in [0, 0.1) is 6.92 Å². The number of ketones is 1. The molecular weight excluding hydrogens is 472 g/mol. The van der Waals surface area contributed by atoms with E-state index >= 15 is 0 Å². The highest BCUT2D eigenvalue weighted by atomic mass is 32.2. The molecule has 1 atom stereocenters. The van der Waals surface area contributed by atoms with Gasteiger partial charge in [-0.3, -0.25) is 4.79 Å². The maximum absolute atomic E-state index is 13.2. The smallest absolute Gasteiger partial charge is 0.277 e. The van der Waals surface area contributed by atoms with E-state index in [0.717, 1.165) is 16.6 Å². The van der Waals surface area contributed by atoms with Gasteiger partial charge < -0.3 is 9.40 Å². The van der Waals surface area contributed by atoms with Crippen LogP contribution in [0.25, 0.3) is 22.4 Å². The fourth-order valence-corrected chi connectivity index (χ4v) is 6.13. The van der Waals surface area contributed by atoms with Crippen molar-refractivity contribution in [3.8, 4) is 11.5 Å². The van der Waals surface area contributed by atoms with Crippen molar-refractivity contribution in [2.24, 2.45) is 0 Å². The first kappa shape index (κ1) is 24.2. The van der Waals surface area contributed by atoms with Crippen LogP contribution in [-0.2, 0) is 10.0 Å². The summed E-state index contributed by atoms with van der Waals surface area (Å²) in [5.74, 6) is 0.161. The Morgan fingerprint density at radius 2 is 1.85 bits per heavy atom. The molecule has 0 amide bonds. The number of para-hydroxylation sites is 1. The van der Waals surface area contributed by atoms with E-state index in [1.807, 2.05) is 31.2 Å². The molecule has 178 valence electrons. The zero-order chi connectivity index (χ0) is 24.5. The molecule has 4 aromatic rings. The monoisotopic (exact) mass is 498 g/mol. The lowest BCUT2D eigenvalue weighted by Crippen LogP contribution is -2.30. The molecule has 8 nitrogen and oxygen atoms in total. The number of benzene rings is 2. The molecule has 1 unspecified atom stereocenters. The minimum absolute atomic E-state index is 0.0352. The Bertz CT molecular complexity index is 1440. The number of hydrogen-bond acceptors (Lipinski definition) is 7. The van der Waals surface area contributed by atoms with Crippen molar-refractivity contribution < 1.29 is 17.6 Å². The number of aromatic nitrogens is 3. The molecule has 0 aliphatic rings. The molecule has 1 N–H and O–H groups in total. The van der Waals surface area contributed by atoms with Crippen molar-refractivity contribution in [2.45, 2.75) is 43.1 Å². The van der Waals surface area contributed by atoms with Crippen LogP contribution in [0.1, 0.15) is 36.8 Å². The highest BCUT2D eigenvalue weighted by Crippen LogP contribution is 2.31. The Morgan fingerprint density at radius 3 is 2.59 bits per heavy atom. The Labute approximate surface area is 202 Å². The van der Waals surface area contributed by atoms with Gasteiger partial charge in [0, 0.05) is 40.8 Å². The molecule has 4 rings (SSSR count). The standard InChI is InChI=1S/C24H26N4O4S2/c1-5-28(6-2)34(30,31)18-11-9-10-17(14-18)23-26-27-24(32-23)33-16(4)22(29)21-15(3)25-20-13-8-7-12-19(20)21/h7-14,16,25H,5-6H2,1-4H3. The molecule has 2 aromatic carbocycles. The first-order chi connectivity index (χ1) is 16.3. The van der Waals surface area contributed by atoms with Gasteiger partial charge in [0.15, 0.2) is 5.78 Å². The van der Waals surface area contributed by atoms with E-state index < -0.39 is 15.3 Å². The van der Waals surface area contributed by atoms with Crippen LogP contribution in [0.5, 0.6) is 0 Å². The number of nitrogens with zero attached hydrogens (tertiary/aromatic N) is 3. The van der Waals surface area contributed by atoms with Gasteiger partial charge in [0.2, 0.25) is 15.9 Å². The van der Waals surface area contributed by atoms with Crippen LogP contribution in [0.15, 0.2) is 63.1 Å². The first-order valence-electron chi connectivity index (χ1n) is 11.0. The zero-order valence-corrected chi connectivity index (χ0v) is 21.0. The second kappa shape index (κ2) is 9.73. The molecular formula is C24H26N4O4S2. The fourth-order valence-electron chi connectivity index (χ4n) is 3.88. The third-order valence-electron chi connectivity index (χ3n) is 5.62. The van der Waals surface area contributed by atoms with Gasteiger partial charge in [0.1, 0.15) is 0 Å². The summed E-state index contributed by atoms with van der Waals surface area (Å²) in [6, 6.07) is 14.1. The number of thioether (sulfide) groups is 1. The number of H-pyrrole nitrogens is 1. The van der Waals surface area contributed by atoms with E-state index in [1.54, 1.807) is 39.0 Å². The number of aryl methyl sites for hydroxylation is 1. The van der Waals surface area contributed by atoms with Crippen molar-refractivity contribution in [2.75, 3.05) is 13.1 Å². The van der Waals surface area contributed by atoms with Gasteiger partial charge in [-0.25, -0.2) is 8.42 Å². The molecule has 2 heterocycles. The Balaban J connectivity index is 1.55. The van der Waals surface area contributed by atoms with Crippen LogP contribution < -0.4 is 0 Å². The number of nitrogens with one attached hydrogen (secondary N) is 1.